The van der Waals surface area contributed by atoms with E-state index in [-0.39, 0.29) is 0 Å². The van der Waals surface area contributed by atoms with Gasteiger partial charge in [0.25, 0.3) is 0 Å². The maximum absolute atomic E-state index is 6.35. The number of likely N-dealkylation sites (tertiary alicyclic amines) is 1. The van der Waals surface area contributed by atoms with Gasteiger partial charge in [-0.2, -0.15) is 0 Å². The van der Waals surface area contributed by atoms with Gasteiger partial charge < -0.3 is 10.1 Å². The van der Waals surface area contributed by atoms with Gasteiger partial charge in [-0.05, 0) is 44.9 Å². The van der Waals surface area contributed by atoms with E-state index in [9.17, 15) is 0 Å². The van der Waals surface area contributed by atoms with Gasteiger partial charge in [-0.15, -0.1) is 0 Å². The molecule has 1 aliphatic heterocycles. The Morgan fingerprint density at radius 1 is 1.43 bits per heavy atom. The van der Waals surface area contributed by atoms with E-state index in [2.05, 4.69) is 24.1 Å². The zero-order valence-electron chi connectivity index (χ0n) is 13.4. The van der Waals surface area contributed by atoms with Gasteiger partial charge in [0.05, 0.1) is 7.11 Å². The van der Waals surface area contributed by atoms with Gasteiger partial charge in [0, 0.05) is 35.8 Å². The van der Waals surface area contributed by atoms with Crippen LogP contribution in [0.25, 0.3) is 0 Å². The van der Waals surface area contributed by atoms with Crippen LogP contribution in [0, 0.1) is 0 Å². The summed E-state index contributed by atoms with van der Waals surface area (Å²) >= 11 is 6.35. The number of hydrogen-bond donors (Lipinski definition) is 1. The predicted molar refractivity (Wildman–Crippen MR) is 89.2 cm³/mol. The highest BCUT2D eigenvalue weighted by molar-refractivity contribution is 6.31. The molecule has 0 aliphatic carbocycles. The van der Waals surface area contributed by atoms with E-state index < -0.39 is 0 Å². The van der Waals surface area contributed by atoms with E-state index in [1.54, 1.807) is 7.11 Å². The quantitative estimate of drug-likeness (QED) is 0.867. The highest BCUT2D eigenvalue weighted by Crippen LogP contribution is 2.30. The standard InChI is InChI=1S/C17H27ClN2O/c1-4-9-19-14-8-10-20(13(2)11-14)12-15-16(18)6-5-7-17(15)21-3/h5-7,13-14,19H,4,8-12H2,1-3H3. The van der Waals surface area contributed by atoms with E-state index in [0.717, 1.165) is 36.0 Å². The first kappa shape index (κ1) is 16.6. The summed E-state index contributed by atoms with van der Waals surface area (Å²) in [5.74, 6) is 0.890. The van der Waals surface area contributed by atoms with Crippen LogP contribution in [0.3, 0.4) is 0 Å². The topological polar surface area (TPSA) is 24.5 Å². The number of benzene rings is 1. The van der Waals surface area contributed by atoms with Crippen molar-refractivity contribution in [3.63, 3.8) is 0 Å². The highest BCUT2D eigenvalue weighted by atomic mass is 35.5. The molecule has 2 rings (SSSR count). The van der Waals surface area contributed by atoms with Gasteiger partial charge in [0.1, 0.15) is 5.75 Å². The van der Waals surface area contributed by atoms with Crippen molar-refractivity contribution in [2.24, 2.45) is 0 Å². The second kappa shape index (κ2) is 8.02. The van der Waals surface area contributed by atoms with Gasteiger partial charge >= 0.3 is 0 Å². The third kappa shape index (κ3) is 4.35. The van der Waals surface area contributed by atoms with E-state index >= 15 is 0 Å². The number of piperidine rings is 1. The van der Waals surface area contributed by atoms with Crippen LogP contribution in [0.5, 0.6) is 5.75 Å². The van der Waals surface area contributed by atoms with Crippen molar-refractivity contribution in [2.75, 3.05) is 20.2 Å². The second-order valence-electron chi connectivity index (χ2n) is 5.92. The normalized spacial score (nSPS) is 23.2. The molecule has 2 unspecified atom stereocenters. The van der Waals surface area contributed by atoms with Crippen molar-refractivity contribution in [1.29, 1.82) is 0 Å². The molecule has 0 aromatic heterocycles. The smallest absolute Gasteiger partial charge is 0.124 e. The van der Waals surface area contributed by atoms with Gasteiger partial charge in [-0.1, -0.05) is 24.6 Å². The zero-order valence-corrected chi connectivity index (χ0v) is 14.1. The molecule has 3 nitrogen and oxygen atoms in total. The third-order valence-electron chi connectivity index (χ3n) is 4.35. The van der Waals surface area contributed by atoms with E-state index in [4.69, 9.17) is 16.3 Å². The van der Waals surface area contributed by atoms with Crippen LogP contribution in [0.1, 0.15) is 38.7 Å². The average Bonchev–Trinajstić information content (AvgIpc) is 2.49. The molecule has 0 spiro atoms. The fraction of sp³-hybridized carbons (Fsp3) is 0.647. The number of ether oxygens (including phenoxy) is 1. The number of nitrogens with one attached hydrogen (secondary N) is 1. The molecular formula is C17H27ClN2O. The van der Waals surface area contributed by atoms with Crippen molar-refractivity contribution < 1.29 is 4.74 Å². The van der Waals surface area contributed by atoms with Gasteiger partial charge in [-0.3, -0.25) is 4.90 Å². The predicted octanol–water partition coefficient (Wildman–Crippen LogP) is 3.70. The molecule has 0 bridgehead atoms. The Labute approximate surface area is 133 Å². The minimum absolute atomic E-state index is 0.564. The summed E-state index contributed by atoms with van der Waals surface area (Å²) < 4.78 is 5.45. The van der Waals surface area contributed by atoms with Crippen LogP contribution >= 0.6 is 11.6 Å². The Balaban J connectivity index is 1.98. The Morgan fingerprint density at radius 2 is 2.24 bits per heavy atom. The first-order valence-electron chi connectivity index (χ1n) is 7.94. The van der Waals surface area contributed by atoms with Crippen molar-refractivity contribution in [3.8, 4) is 5.75 Å². The molecular weight excluding hydrogens is 284 g/mol. The summed E-state index contributed by atoms with van der Waals surface area (Å²) in [7, 11) is 1.71. The van der Waals surface area contributed by atoms with Crippen LogP contribution in [0.2, 0.25) is 5.02 Å². The van der Waals surface area contributed by atoms with Crippen LogP contribution in [0.15, 0.2) is 18.2 Å². The van der Waals surface area contributed by atoms with Crippen molar-refractivity contribution in [3.05, 3.63) is 28.8 Å². The Bertz CT molecular complexity index is 452. The fourth-order valence-corrected chi connectivity index (χ4v) is 3.30. The minimum atomic E-state index is 0.564. The van der Waals surface area contributed by atoms with Crippen LogP contribution in [0.4, 0.5) is 0 Å². The van der Waals surface area contributed by atoms with Crippen molar-refractivity contribution in [2.45, 2.75) is 51.7 Å². The molecule has 1 N–H and O–H groups in total. The maximum Gasteiger partial charge on any atom is 0.124 e. The summed E-state index contributed by atoms with van der Waals surface area (Å²) in [6.45, 7) is 7.62. The molecule has 1 saturated heterocycles. The number of halogens is 1. The lowest BCUT2D eigenvalue weighted by atomic mass is 9.97. The number of hydrogen-bond acceptors (Lipinski definition) is 3. The van der Waals surface area contributed by atoms with E-state index in [1.165, 1.54) is 19.3 Å². The maximum atomic E-state index is 6.35. The SMILES string of the molecule is CCCNC1CCN(Cc2c(Cl)cccc2OC)C(C)C1. The lowest BCUT2D eigenvalue weighted by Gasteiger charge is -2.38. The largest absolute Gasteiger partial charge is 0.496 e. The summed E-state index contributed by atoms with van der Waals surface area (Å²) in [6.07, 6.45) is 3.61. The zero-order chi connectivity index (χ0) is 15.2. The van der Waals surface area contributed by atoms with Gasteiger partial charge in [-0.25, -0.2) is 0 Å². The molecule has 118 valence electrons. The molecule has 1 aliphatic rings. The molecule has 1 heterocycles. The average molecular weight is 311 g/mol. The minimum Gasteiger partial charge on any atom is -0.496 e. The lowest BCUT2D eigenvalue weighted by molar-refractivity contribution is 0.127. The summed E-state index contributed by atoms with van der Waals surface area (Å²) in [5.41, 5.74) is 1.11. The first-order chi connectivity index (χ1) is 10.2. The number of rotatable bonds is 6. The molecule has 1 aromatic rings. The fourth-order valence-electron chi connectivity index (χ4n) is 3.08. The number of nitrogens with zero attached hydrogens (tertiary/aromatic N) is 1. The summed E-state index contributed by atoms with van der Waals surface area (Å²) in [4.78, 5) is 2.51. The molecule has 0 saturated carbocycles. The molecule has 21 heavy (non-hydrogen) atoms. The first-order valence-corrected chi connectivity index (χ1v) is 8.32. The van der Waals surface area contributed by atoms with E-state index in [0.29, 0.717) is 12.1 Å². The summed E-state index contributed by atoms with van der Waals surface area (Å²) in [6, 6.07) is 7.09. The third-order valence-corrected chi connectivity index (χ3v) is 4.71. The highest BCUT2D eigenvalue weighted by Gasteiger charge is 2.26. The van der Waals surface area contributed by atoms with Crippen molar-refractivity contribution >= 4 is 11.6 Å². The second-order valence-corrected chi connectivity index (χ2v) is 6.32. The lowest BCUT2D eigenvalue weighted by Crippen LogP contribution is -2.47. The Kier molecular flexibility index (Phi) is 6.34. The Morgan fingerprint density at radius 3 is 2.90 bits per heavy atom. The summed E-state index contributed by atoms with van der Waals surface area (Å²) in [5, 5.41) is 4.44. The molecule has 0 radical (unpaired) electrons. The molecule has 2 atom stereocenters. The number of methoxy groups -OCH3 is 1. The molecule has 4 heteroatoms. The Hall–Kier alpha value is -0.770. The van der Waals surface area contributed by atoms with Gasteiger partial charge in [0.15, 0.2) is 0 Å². The van der Waals surface area contributed by atoms with Gasteiger partial charge in [0.2, 0.25) is 0 Å². The van der Waals surface area contributed by atoms with Crippen molar-refractivity contribution in [1.82, 2.24) is 10.2 Å². The molecule has 1 aromatic carbocycles. The van der Waals surface area contributed by atoms with Crippen LogP contribution in [-0.4, -0.2) is 37.2 Å². The molecule has 1 fully saturated rings. The monoisotopic (exact) mass is 310 g/mol. The van der Waals surface area contributed by atoms with E-state index in [1.807, 2.05) is 18.2 Å². The van der Waals surface area contributed by atoms with Crippen LogP contribution < -0.4 is 10.1 Å². The van der Waals surface area contributed by atoms with Crippen LogP contribution in [-0.2, 0) is 6.54 Å². The molecule has 0 amide bonds.